The van der Waals surface area contributed by atoms with E-state index in [9.17, 15) is 9.90 Å². The summed E-state index contributed by atoms with van der Waals surface area (Å²) >= 11 is 0. The Hall–Kier alpha value is -2.34. The molecule has 3 atom stereocenters. The molecule has 1 fully saturated rings. The van der Waals surface area contributed by atoms with E-state index < -0.39 is 6.10 Å². The molecule has 2 aromatic rings. The van der Waals surface area contributed by atoms with Gasteiger partial charge < -0.3 is 19.7 Å². The van der Waals surface area contributed by atoms with Crippen LogP contribution in [-0.2, 0) is 24.2 Å². The van der Waals surface area contributed by atoms with Gasteiger partial charge in [0.1, 0.15) is 5.75 Å². The number of aromatic nitrogens is 2. The molecule has 6 heteroatoms. The number of nitrogens with zero attached hydrogens (tertiary/aromatic N) is 2. The fourth-order valence-corrected chi connectivity index (χ4v) is 4.08. The molecule has 1 amide bonds. The third-order valence-corrected chi connectivity index (χ3v) is 5.34. The summed E-state index contributed by atoms with van der Waals surface area (Å²) in [7, 11) is 0. The van der Waals surface area contributed by atoms with Gasteiger partial charge in [-0.25, -0.2) is 4.98 Å². The first-order valence-corrected chi connectivity index (χ1v) is 9.35. The van der Waals surface area contributed by atoms with E-state index in [0.29, 0.717) is 18.8 Å². The summed E-state index contributed by atoms with van der Waals surface area (Å²) in [4.78, 5) is 16.5. The number of rotatable bonds is 5. The predicted molar refractivity (Wildman–Crippen MR) is 96.9 cm³/mol. The van der Waals surface area contributed by atoms with Crippen LogP contribution in [0.1, 0.15) is 30.4 Å². The number of fused-ring (bicyclic) bond motifs is 1. The number of aliphatic hydroxyl groups is 1. The Bertz CT molecular complexity index is 760. The van der Waals surface area contributed by atoms with Crippen LogP contribution in [0.25, 0.3) is 0 Å². The summed E-state index contributed by atoms with van der Waals surface area (Å²) in [5, 5.41) is 13.3. The van der Waals surface area contributed by atoms with E-state index >= 15 is 0 Å². The fourth-order valence-electron chi connectivity index (χ4n) is 4.08. The third-order valence-electron chi connectivity index (χ3n) is 5.34. The van der Waals surface area contributed by atoms with Gasteiger partial charge in [0.2, 0.25) is 5.91 Å². The van der Waals surface area contributed by atoms with Crippen molar-refractivity contribution in [2.45, 2.75) is 50.8 Å². The minimum atomic E-state index is -0.482. The second-order valence-electron chi connectivity index (χ2n) is 7.41. The second kappa shape index (κ2) is 7.50. The highest BCUT2D eigenvalue weighted by molar-refractivity contribution is 5.79. The van der Waals surface area contributed by atoms with Crippen LogP contribution < -0.4 is 10.1 Å². The van der Waals surface area contributed by atoms with Crippen molar-refractivity contribution in [2.24, 2.45) is 5.92 Å². The third kappa shape index (κ3) is 3.90. The number of benzene rings is 1. The van der Waals surface area contributed by atoms with Gasteiger partial charge in [-0.15, -0.1) is 0 Å². The van der Waals surface area contributed by atoms with Crippen molar-refractivity contribution in [3.63, 3.8) is 0 Å². The summed E-state index contributed by atoms with van der Waals surface area (Å²) in [6.07, 6.45) is 8.86. The van der Waals surface area contributed by atoms with Crippen molar-refractivity contribution in [3.05, 3.63) is 48.0 Å². The lowest BCUT2D eigenvalue weighted by Crippen LogP contribution is -2.40. The Balaban J connectivity index is 1.31. The number of aryl methyl sites for hydroxylation is 1. The van der Waals surface area contributed by atoms with Gasteiger partial charge in [0, 0.05) is 18.9 Å². The lowest BCUT2D eigenvalue weighted by molar-refractivity contribution is -0.121. The topological polar surface area (TPSA) is 76.4 Å². The summed E-state index contributed by atoms with van der Waals surface area (Å²) in [5.41, 5.74) is 2.18. The van der Waals surface area contributed by atoms with Crippen LogP contribution in [0.15, 0.2) is 36.9 Å². The molecule has 26 heavy (non-hydrogen) atoms. The van der Waals surface area contributed by atoms with Crippen LogP contribution in [0.4, 0.5) is 0 Å². The summed E-state index contributed by atoms with van der Waals surface area (Å²) < 4.78 is 7.64. The Morgan fingerprint density at radius 2 is 2.31 bits per heavy atom. The molecule has 1 aliphatic carbocycles. The molecule has 4 rings (SSSR count). The molecule has 1 aliphatic heterocycles. The average molecular weight is 355 g/mol. The normalized spacial score (nSPS) is 24.7. The van der Waals surface area contributed by atoms with Crippen molar-refractivity contribution in [1.29, 1.82) is 0 Å². The molecule has 1 unspecified atom stereocenters. The van der Waals surface area contributed by atoms with Gasteiger partial charge in [0.25, 0.3) is 0 Å². The number of carbonyl (C=O) groups is 1. The number of ether oxygens (including phenoxy) is 1. The molecule has 2 aliphatic rings. The van der Waals surface area contributed by atoms with Crippen LogP contribution >= 0.6 is 0 Å². The molecular formula is C20H25N3O3. The van der Waals surface area contributed by atoms with Crippen LogP contribution in [0.3, 0.4) is 0 Å². The van der Waals surface area contributed by atoms with Crippen molar-refractivity contribution in [3.8, 4) is 5.75 Å². The molecule has 0 radical (unpaired) electrons. The van der Waals surface area contributed by atoms with Crippen molar-refractivity contribution >= 4 is 5.91 Å². The van der Waals surface area contributed by atoms with Crippen LogP contribution in [0, 0.1) is 5.92 Å². The Labute approximate surface area is 153 Å². The quantitative estimate of drug-likeness (QED) is 0.856. The number of amides is 1. The minimum Gasteiger partial charge on any atom is -0.493 e. The van der Waals surface area contributed by atoms with E-state index in [4.69, 9.17) is 4.74 Å². The van der Waals surface area contributed by atoms with Gasteiger partial charge in [0.15, 0.2) is 0 Å². The smallest absolute Gasteiger partial charge is 0.224 e. The summed E-state index contributed by atoms with van der Waals surface area (Å²) in [6.45, 7) is 1.60. The van der Waals surface area contributed by atoms with Gasteiger partial charge in [-0.1, -0.05) is 12.1 Å². The van der Waals surface area contributed by atoms with Crippen molar-refractivity contribution in [1.82, 2.24) is 14.9 Å². The molecule has 1 saturated carbocycles. The van der Waals surface area contributed by atoms with Crippen LogP contribution in [0.2, 0.25) is 0 Å². The van der Waals surface area contributed by atoms with Gasteiger partial charge in [-0.3, -0.25) is 4.79 Å². The fraction of sp³-hybridized carbons (Fsp3) is 0.500. The molecule has 1 aromatic heterocycles. The van der Waals surface area contributed by atoms with E-state index in [0.717, 1.165) is 43.7 Å². The Kier molecular flexibility index (Phi) is 4.93. The molecule has 0 bridgehead atoms. The monoisotopic (exact) mass is 355 g/mol. The van der Waals surface area contributed by atoms with E-state index in [-0.39, 0.29) is 11.9 Å². The number of hydrogen-bond donors (Lipinski definition) is 2. The molecule has 2 heterocycles. The zero-order chi connectivity index (χ0) is 17.9. The highest BCUT2D eigenvalue weighted by Crippen LogP contribution is 2.28. The number of imidazole rings is 1. The zero-order valence-electron chi connectivity index (χ0n) is 14.8. The van der Waals surface area contributed by atoms with E-state index in [1.165, 1.54) is 5.56 Å². The SMILES string of the molecule is O=C(Cc1ccc2c(c1)CCCO2)N[C@@H]1CC(Cn2ccnc2)C[C@H]1O. The van der Waals surface area contributed by atoms with Gasteiger partial charge in [0.05, 0.1) is 31.5 Å². The maximum Gasteiger partial charge on any atom is 0.224 e. The maximum atomic E-state index is 12.4. The lowest BCUT2D eigenvalue weighted by Gasteiger charge is -2.19. The summed E-state index contributed by atoms with van der Waals surface area (Å²) in [5.74, 6) is 1.26. The standard InChI is InChI=1S/C20H25N3O3/c24-18-10-15(12-23-6-5-21-13-23)9-17(18)22-20(25)11-14-3-4-19-16(8-14)2-1-7-26-19/h3-6,8,13,15,17-18,24H,1-2,7,9-12H2,(H,22,25)/t15?,17-,18-/m1/s1. The maximum absolute atomic E-state index is 12.4. The zero-order valence-corrected chi connectivity index (χ0v) is 14.8. The van der Waals surface area contributed by atoms with Crippen molar-refractivity contribution < 1.29 is 14.6 Å². The van der Waals surface area contributed by atoms with Crippen LogP contribution in [0.5, 0.6) is 5.75 Å². The average Bonchev–Trinajstić information content (AvgIpc) is 3.25. The Morgan fingerprint density at radius 1 is 1.38 bits per heavy atom. The highest BCUT2D eigenvalue weighted by Gasteiger charge is 2.34. The van der Waals surface area contributed by atoms with Gasteiger partial charge in [-0.05, 0) is 48.8 Å². The first-order valence-electron chi connectivity index (χ1n) is 9.35. The first kappa shape index (κ1) is 17.1. The molecule has 2 N–H and O–H groups in total. The van der Waals surface area contributed by atoms with Crippen molar-refractivity contribution in [2.75, 3.05) is 6.61 Å². The molecular weight excluding hydrogens is 330 g/mol. The lowest BCUT2D eigenvalue weighted by atomic mass is 10.0. The van der Waals surface area contributed by atoms with E-state index in [1.807, 2.05) is 22.9 Å². The molecule has 138 valence electrons. The van der Waals surface area contributed by atoms with E-state index in [2.05, 4.69) is 16.4 Å². The van der Waals surface area contributed by atoms with Gasteiger partial charge in [-0.2, -0.15) is 0 Å². The number of hydrogen-bond acceptors (Lipinski definition) is 4. The second-order valence-corrected chi connectivity index (χ2v) is 7.41. The number of carbonyl (C=O) groups excluding carboxylic acids is 1. The molecule has 1 aromatic carbocycles. The Morgan fingerprint density at radius 3 is 3.15 bits per heavy atom. The minimum absolute atomic E-state index is 0.0333. The van der Waals surface area contributed by atoms with E-state index in [1.54, 1.807) is 12.5 Å². The first-order chi connectivity index (χ1) is 12.7. The molecule has 0 saturated heterocycles. The largest absolute Gasteiger partial charge is 0.493 e. The van der Waals surface area contributed by atoms with Crippen LogP contribution in [-0.4, -0.2) is 39.3 Å². The predicted octanol–water partition coefficient (Wildman–Crippen LogP) is 1.71. The molecule has 6 nitrogen and oxygen atoms in total. The number of nitrogens with one attached hydrogen (secondary N) is 1. The van der Waals surface area contributed by atoms with Gasteiger partial charge >= 0.3 is 0 Å². The number of aliphatic hydroxyl groups excluding tert-OH is 1. The molecule has 0 spiro atoms. The summed E-state index contributed by atoms with van der Waals surface area (Å²) in [6, 6.07) is 5.82. The highest BCUT2D eigenvalue weighted by atomic mass is 16.5.